The minimum atomic E-state index is -0.718. The van der Waals surface area contributed by atoms with E-state index >= 15 is 4.39 Å². The minimum Gasteiger partial charge on any atom is -0.331 e. The number of benzene rings is 2. The average molecular weight is 611 g/mol. The van der Waals surface area contributed by atoms with Crippen LogP contribution in [0.15, 0.2) is 89.8 Å². The molecule has 0 radical (unpaired) electrons. The number of anilines is 1. The summed E-state index contributed by atoms with van der Waals surface area (Å²) in [4.78, 5) is 49.9. The summed E-state index contributed by atoms with van der Waals surface area (Å²) in [6.07, 6.45) is 11.5. The Kier molecular flexibility index (Phi) is 8.27. The molecule has 6 rings (SSSR count). The van der Waals surface area contributed by atoms with Crippen LogP contribution in [0.25, 0.3) is 11.1 Å². The molecule has 1 N–H and O–H groups in total. The summed E-state index contributed by atoms with van der Waals surface area (Å²) in [6.45, 7) is 3.82. The number of hydrogen-bond acceptors (Lipinski definition) is 5. The summed E-state index contributed by atoms with van der Waals surface area (Å²) in [5.74, 6) is -0.766. The molecule has 2 aromatic carbocycles. The lowest BCUT2D eigenvalue weighted by molar-refractivity contribution is -0.137. The van der Waals surface area contributed by atoms with Gasteiger partial charge < -0.3 is 10.2 Å². The van der Waals surface area contributed by atoms with Gasteiger partial charge in [-0.2, -0.15) is 0 Å². The summed E-state index contributed by atoms with van der Waals surface area (Å²) in [5.41, 5.74) is 4.37. The van der Waals surface area contributed by atoms with E-state index in [0.717, 1.165) is 16.7 Å². The van der Waals surface area contributed by atoms with Crippen LogP contribution in [-0.2, 0) is 14.4 Å². The standard InChI is InChI=1S/C35H32ClFN4O3/c1-20(42)28-16-23(25-13-12-22(15-29(25)28)24-18-38-21(2)39-19-24)17-33(43)41-14-6-11-32(41)35(44)40-31-10-5-8-27(34(31)37)26-7-3-4-9-30(26)36/h3-5,7-10,12-13,16,18-19,22-23,32H,6,11,14-15,17H2,1-2H3,(H,40,44)/t22?,23?,32-/m0/s1. The van der Waals surface area contributed by atoms with Crippen molar-refractivity contribution in [1.82, 2.24) is 14.9 Å². The number of halogens is 2. The Morgan fingerprint density at radius 1 is 1.07 bits per heavy atom. The quantitative estimate of drug-likeness (QED) is 0.319. The third-order valence-electron chi connectivity index (χ3n) is 8.67. The lowest BCUT2D eigenvalue weighted by atomic mass is 9.82. The van der Waals surface area contributed by atoms with E-state index in [0.29, 0.717) is 47.8 Å². The highest BCUT2D eigenvalue weighted by Gasteiger charge is 2.38. The Labute approximate surface area is 260 Å². The van der Waals surface area contributed by atoms with Gasteiger partial charge in [-0.15, -0.1) is 0 Å². The second kappa shape index (κ2) is 12.3. The number of nitrogens with zero attached hydrogens (tertiary/aromatic N) is 3. The molecule has 0 saturated carbocycles. The van der Waals surface area contributed by atoms with Crippen molar-refractivity contribution in [3.63, 3.8) is 0 Å². The van der Waals surface area contributed by atoms with E-state index in [1.165, 1.54) is 6.07 Å². The number of likely N-dealkylation sites (tertiary alicyclic amines) is 1. The monoisotopic (exact) mass is 610 g/mol. The molecule has 3 aliphatic rings. The number of nitrogens with one attached hydrogen (secondary N) is 1. The summed E-state index contributed by atoms with van der Waals surface area (Å²) < 4.78 is 15.5. The number of ketones is 1. The van der Waals surface area contributed by atoms with Gasteiger partial charge in [0.15, 0.2) is 11.6 Å². The van der Waals surface area contributed by atoms with Crippen molar-refractivity contribution in [3.05, 3.63) is 112 Å². The van der Waals surface area contributed by atoms with Crippen LogP contribution in [0.1, 0.15) is 49.9 Å². The van der Waals surface area contributed by atoms with Crippen molar-refractivity contribution in [2.75, 3.05) is 11.9 Å². The van der Waals surface area contributed by atoms with Gasteiger partial charge in [-0.25, -0.2) is 14.4 Å². The molecule has 3 aromatic rings. The van der Waals surface area contributed by atoms with Crippen molar-refractivity contribution in [2.24, 2.45) is 5.92 Å². The molecule has 3 atom stereocenters. The van der Waals surface area contributed by atoms with Crippen LogP contribution in [-0.4, -0.2) is 45.1 Å². The second-order valence-electron chi connectivity index (χ2n) is 11.5. The fourth-order valence-electron chi connectivity index (χ4n) is 6.43. The Hall–Kier alpha value is -4.43. The zero-order valence-corrected chi connectivity index (χ0v) is 25.3. The number of rotatable bonds is 7. The van der Waals surface area contributed by atoms with E-state index < -0.39 is 17.8 Å². The third kappa shape index (κ3) is 5.74. The predicted octanol–water partition coefficient (Wildman–Crippen LogP) is 6.75. The molecule has 1 saturated heterocycles. The molecule has 2 aliphatic carbocycles. The highest BCUT2D eigenvalue weighted by Crippen LogP contribution is 2.44. The molecule has 44 heavy (non-hydrogen) atoms. The third-order valence-corrected chi connectivity index (χ3v) is 9.00. The number of Topliss-reactive ketones (excluding diaryl/α,β-unsaturated/α-hetero) is 1. The molecule has 224 valence electrons. The molecule has 1 fully saturated rings. The van der Waals surface area contributed by atoms with E-state index in [2.05, 4.69) is 21.4 Å². The van der Waals surface area contributed by atoms with Gasteiger partial charge in [0.05, 0.1) is 5.69 Å². The normalized spacial score (nSPS) is 20.9. The van der Waals surface area contributed by atoms with Crippen molar-refractivity contribution < 1.29 is 18.8 Å². The first-order valence-corrected chi connectivity index (χ1v) is 15.2. The molecule has 9 heteroatoms. The van der Waals surface area contributed by atoms with Gasteiger partial charge in [-0.05, 0) is 62.0 Å². The number of carbonyl (C=O) groups excluding carboxylic acids is 3. The highest BCUT2D eigenvalue weighted by molar-refractivity contribution is 6.33. The summed E-state index contributed by atoms with van der Waals surface area (Å²) >= 11 is 6.29. The van der Waals surface area contributed by atoms with Crippen LogP contribution in [0.4, 0.5) is 10.1 Å². The molecule has 2 unspecified atom stereocenters. The first-order chi connectivity index (χ1) is 21.2. The Bertz CT molecular complexity index is 1750. The van der Waals surface area contributed by atoms with Gasteiger partial charge in [-0.3, -0.25) is 14.4 Å². The SMILES string of the molecule is CC(=O)C1=CC(CC(=O)N2CCC[C@H]2C(=O)Nc2cccc(-c3ccccc3Cl)c2F)C2=C1CC(c1cnc(C)nc1)C=C2. The first kappa shape index (κ1) is 29.6. The lowest BCUT2D eigenvalue weighted by Crippen LogP contribution is -2.43. The van der Waals surface area contributed by atoms with Crippen LogP contribution >= 0.6 is 11.6 Å². The number of hydrogen-bond donors (Lipinski definition) is 1. The highest BCUT2D eigenvalue weighted by atomic mass is 35.5. The summed E-state index contributed by atoms with van der Waals surface area (Å²) in [5, 5.41) is 3.12. The van der Waals surface area contributed by atoms with E-state index in [-0.39, 0.29) is 41.2 Å². The summed E-state index contributed by atoms with van der Waals surface area (Å²) in [7, 11) is 0. The van der Waals surface area contributed by atoms with Gasteiger partial charge in [0.25, 0.3) is 0 Å². The maximum absolute atomic E-state index is 15.5. The van der Waals surface area contributed by atoms with Crippen molar-refractivity contribution in [3.8, 4) is 11.1 Å². The predicted molar refractivity (Wildman–Crippen MR) is 167 cm³/mol. The molecule has 0 bridgehead atoms. The Balaban J connectivity index is 1.17. The Morgan fingerprint density at radius 2 is 1.82 bits per heavy atom. The molecule has 2 heterocycles. The van der Waals surface area contributed by atoms with Crippen LogP contribution in [0.5, 0.6) is 0 Å². The topological polar surface area (TPSA) is 92.3 Å². The number of carbonyl (C=O) groups is 3. The number of aryl methyl sites for hydroxylation is 1. The smallest absolute Gasteiger partial charge is 0.247 e. The van der Waals surface area contributed by atoms with Gasteiger partial charge in [-0.1, -0.05) is 60.2 Å². The first-order valence-electron chi connectivity index (χ1n) is 14.8. The van der Waals surface area contributed by atoms with Gasteiger partial charge in [0.1, 0.15) is 11.9 Å². The lowest BCUT2D eigenvalue weighted by Gasteiger charge is -2.26. The van der Waals surface area contributed by atoms with Crippen LogP contribution < -0.4 is 5.32 Å². The van der Waals surface area contributed by atoms with E-state index in [1.54, 1.807) is 48.2 Å². The molecule has 1 aromatic heterocycles. The van der Waals surface area contributed by atoms with Crippen molar-refractivity contribution >= 4 is 34.9 Å². The number of amides is 2. The molecule has 2 amide bonds. The van der Waals surface area contributed by atoms with Crippen molar-refractivity contribution in [2.45, 2.75) is 51.5 Å². The summed E-state index contributed by atoms with van der Waals surface area (Å²) in [6, 6.07) is 11.0. The van der Waals surface area contributed by atoms with Crippen LogP contribution in [0, 0.1) is 18.7 Å². The number of aromatic nitrogens is 2. The molecule has 0 spiro atoms. The molecular formula is C35H32ClFN4O3. The van der Waals surface area contributed by atoms with E-state index in [4.69, 9.17) is 11.6 Å². The zero-order valence-electron chi connectivity index (χ0n) is 24.5. The molecule has 7 nitrogen and oxygen atoms in total. The fourth-order valence-corrected chi connectivity index (χ4v) is 6.67. The van der Waals surface area contributed by atoms with Gasteiger partial charge in [0.2, 0.25) is 11.8 Å². The average Bonchev–Trinajstić information content (AvgIpc) is 3.65. The van der Waals surface area contributed by atoms with Gasteiger partial charge in [0, 0.05) is 58.9 Å². The maximum Gasteiger partial charge on any atom is 0.247 e. The van der Waals surface area contributed by atoms with Gasteiger partial charge >= 0.3 is 0 Å². The van der Waals surface area contributed by atoms with E-state index in [9.17, 15) is 14.4 Å². The van der Waals surface area contributed by atoms with Crippen molar-refractivity contribution in [1.29, 1.82) is 0 Å². The second-order valence-corrected chi connectivity index (χ2v) is 11.9. The number of allylic oxidation sites excluding steroid dienone is 6. The molecular weight excluding hydrogens is 579 g/mol. The molecule has 1 aliphatic heterocycles. The Morgan fingerprint density at radius 3 is 2.57 bits per heavy atom. The minimum absolute atomic E-state index is 0.0345. The van der Waals surface area contributed by atoms with E-state index in [1.807, 2.05) is 31.5 Å². The van der Waals surface area contributed by atoms with Crippen LogP contribution in [0.2, 0.25) is 5.02 Å². The largest absolute Gasteiger partial charge is 0.331 e. The zero-order chi connectivity index (χ0) is 31.0. The van der Waals surface area contributed by atoms with Crippen LogP contribution in [0.3, 0.4) is 0 Å². The maximum atomic E-state index is 15.5. The fraction of sp³-hybridized carbons (Fsp3) is 0.286.